The van der Waals surface area contributed by atoms with Crippen molar-refractivity contribution in [3.05, 3.63) is 24.3 Å². The zero-order valence-corrected chi connectivity index (χ0v) is 11.8. The van der Waals surface area contributed by atoms with Crippen LogP contribution in [0.5, 0.6) is 5.75 Å². The molecule has 0 aliphatic heterocycles. The average molecular weight is 292 g/mol. The third-order valence-corrected chi connectivity index (χ3v) is 3.21. The van der Waals surface area contributed by atoms with Crippen LogP contribution in [0, 0.1) is 0 Å². The predicted molar refractivity (Wildman–Crippen MR) is 73.3 cm³/mol. The molecule has 6 nitrogen and oxygen atoms in total. The fourth-order valence-electron chi connectivity index (χ4n) is 1.49. The van der Waals surface area contributed by atoms with Gasteiger partial charge in [0.15, 0.2) is 5.82 Å². The molecule has 0 unspecified atom stereocenters. The Bertz CT molecular complexity index is 568. The van der Waals surface area contributed by atoms with Gasteiger partial charge >= 0.3 is 0 Å². The van der Waals surface area contributed by atoms with Crippen molar-refractivity contribution in [1.82, 2.24) is 15.2 Å². The van der Waals surface area contributed by atoms with Crippen LogP contribution in [0.15, 0.2) is 29.4 Å². The second kappa shape index (κ2) is 6.95. The minimum Gasteiger partial charge on any atom is -0.549 e. The van der Waals surface area contributed by atoms with Crippen molar-refractivity contribution in [2.45, 2.75) is 18.5 Å². The van der Waals surface area contributed by atoms with Crippen molar-refractivity contribution in [1.29, 1.82) is 0 Å². The number of carboxylic acids is 1. The number of hydrogen-bond donors (Lipinski definition) is 1. The number of carbonyl (C=O) groups excluding carboxylic acids is 1. The standard InChI is InChI=1S/C13H15N3O3S/c1-2-7-19-10-5-3-9(4-6-10)12-14-13(16-15-12)20-8-11(17)18/h3-6H,2,7-8H2,1H3,(H,17,18)(H,14,15,16)/p-1. The summed E-state index contributed by atoms with van der Waals surface area (Å²) in [7, 11) is 0. The molecule has 1 heterocycles. The molecule has 0 radical (unpaired) electrons. The molecule has 0 bridgehead atoms. The largest absolute Gasteiger partial charge is 0.549 e. The SMILES string of the molecule is CCCOc1ccc(-c2nc(SCC(=O)[O-])n[nH]2)cc1. The first-order valence-electron chi connectivity index (χ1n) is 6.17. The van der Waals surface area contributed by atoms with E-state index < -0.39 is 5.97 Å². The van der Waals surface area contributed by atoms with E-state index in [1.807, 2.05) is 24.3 Å². The van der Waals surface area contributed by atoms with Crippen molar-refractivity contribution in [3.8, 4) is 17.1 Å². The minimum atomic E-state index is -1.14. The second-order valence-electron chi connectivity index (χ2n) is 4.00. The fraction of sp³-hybridized carbons (Fsp3) is 0.308. The van der Waals surface area contributed by atoms with Crippen LogP contribution in [0.1, 0.15) is 13.3 Å². The van der Waals surface area contributed by atoms with Gasteiger partial charge in [0.1, 0.15) is 5.75 Å². The third kappa shape index (κ3) is 3.99. The highest BCUT2D eigenvalue weighted by Crippen LogP contribution is 2.21. The molecule has 20 heavy (non-hydrogen) atoms. The summed E-state index contributed by atoms with van der Waals surface area (Å²) in [6.45, 7) is 2.74. The summed E-state index contributed by atoms with van der Waals surface area (Å²) >= 11 is 1.02. The van der Waals surface area contributed by atoms with Crippen LogP contribution in [0.25, 0.3) is 11.4 Å². The van der Waals surface area contributed by atoms with E-state index in [0.717, 1.165) is 29.5 Å². The van der Waals surface area contributed by atoms with Crippen LogP contribution < -0.4 is 9.84 Å². The summed E-state index contributed by atoms with van der Waals surface area (Å²) in [5, 5.41) is 17.5. The Morgan fingerprint density at radius 1 is 1.40 bits per heavy atom. The number of nitrogens with one attached hydrogen (secondary N) is 1. The minimum absolute atomic E-state index is 0.166. The number of aromatic nitrogens is 3. The molecule has 0 fully saturated rings. The molecular weight excluding hydrogens is 278 g/mol. The molecule has 0 spiro atoms. The number of benzene rings is 1. The summed E-state index contributed by atoms with van der Waals surface area (Å²) in [5.74, 6) is 0.0921. The normalized spacial score (nSPS) is 10.4. The lowest BCUT2D eigenvalue weighted by atomic mass is 10.2. The zero-order valence-electron chi connectivity index (χ0n) is 11.0. The first-order valence-corrected chi connectivity index (χ1v) is 7.16. The van der Waals surface area contributed by atoms with Crippen LogP contribution in [-0.4, -0.2) is 33.5 Å². The van der Waals surface area contributed by atoms with E-state index in [-0.39, 0.29) is 5.75 Å². The first kappa shape index (κ1) is 14.4. The van der Waals surface area contributed by atoms with E-state index in [2.05, 4.69) is 22.1 Å². The quantitative estimate of drug-likeness (QED) is 0.768. The Morgan fingerprint density at radius 3 is 2.80 bits per heavy atom. The number of hydrogen-bond acceptors (Lipinski definition) is 6. The van der Waals surface area contributed by atoms with Gasteiger partial charge in [0, 0.05) is 11.3 Å². The number of ether oxygens (including phenoxy) is 1. The van der Waals surface area contributed by atoms with Crippen molar-refractivity contribution in [2.75, 3.05) is 12.4 Å². The number of carboxylic acid groups (broad SMARTS) is 1. The van der Waals surface area contributed by atoms with Crippen LogP contribution in [0.2, 0.25) is 0 Å². The van der Waals surface area contributed by atoms with Crippen molar-refractivity contribution in [2.24, 2.45) is 0 Å². The van der Waals surface area contributed by atoms with Crippen molar-refractivity contribution in [3.63, 3.8) is 0 Å². The smallest absolute Gasteiger partial charge is 0.209 e. The van der Waals surface area contributed by atoms with E-state index in [1.165, 1.54) is 0 Å². The molecule has 1 aromatic heterocycles. The summed E-state index contributed by atoms with van der Waals surface area (Å²) in [5.41, 5.74) is 0.863. The summed E-state index contributed by atoms with van der Waals surface area (Å²) in [6, 6.07) is 7.47. The molecule has 2 rings (SSSR count). The lowest BCUT2D eigenvalue weighted by molar-refractivity contribution is -0.301. The topological polar surface area (TPSA) is 90.9 Å². The Morgan fingerprint density at radius 2 is 2.15 bits per heavy atom. The number of carbonyl (C=O) groups is 1. The van der Waals surface area contributed by atoms with Crippen molar-refractivity contribution < 1.29 is 14.6 Å². The van der Waals surface area contributed by atoms with Crippen LogP contribution in [0.3, 0.4) is 0 Å². The Labute approximate surface area is 120 Å². The van der Waals surface area contributed by atoms with Gasteiger partial charge in [-0.25, -0.2) is 4.98 Å². The van der Waals surface area contributed by atoms with Gasteiger partial charge in [0.2, 0.25) is 5.16 Å². The number of thioether (sulfide) groups is 1. The van der Waals surface area contributed by atoms with E-state index in [4.69, 9.17) is 4.74 Å². The molecule has 106 valence electrons. The number of aliphatic carboxylic acids is 1. The predicted octanol–water partition coefficient (Wildman–Crippen LogP) is 1.10. The molecule has 1 N–H and O–H groups in total. The lowest BCUT2D eigenvalue weighted by Gasteiger charge is -2.04. The summed E-state index contributed by atoms with van der Waals surface area (Å²) < 4.78 is 5.49. The van der Waals surface area contributed by atoms with Crippen LogP contribution in [0.4, 0.5) is 0 Å². The zero-order chi connectivity index (χ0) is 14.4. The van der Waals surface area contributed by atoms with Gasteiger partial charge in [0.25, 0.3) is 0 Å². The Kier molecular flexibility index (Phi) is 5.00. The van der Waals surface area contributed by atoms with E-state index in [1.54, 1.807) is 0 Å². The monoisotopic (exact) mass is 292 g/mol. The number of H-pyrrole nitrogens is 1. The van der Waals surface area contributed by atoms with E-state index in [9.17, 15) is 9.90 Å². The maximum absolute atomic E-state index is 10.4. The molecule has 0 saturated carbocycles. The van der Waals surface area contributed by atoms with Gasteiger partial charge < -0.3 is 14.6 Å². The lowest BCUT2D eigenvalue weighted by Crippen LogP contribution is -2.24. The Hall–Kier alpha value is -2.02. The van der Waals surface area contributed by atoms with Gasteiger partial charge in [-0.3, -0.25) is 5.10 Å². The first-order chi connectivity index (χ1) is 9.69. The molecule has 0 amide bonds. The third-order valence-electron chi connectivity index (χ3n) is 2.38. The molecule has 7 heteroatoms. The highest BCUT2D eigenvalue weighted by molar-refractivity contribution is 7.99. The molecular formula is C13H14N3O3S-. The molecule has 1 aromatic carbocycles. The maximum Gasteiger partial charge on any atom is 0.209 e. The van der Waals surface area contributed by atoms with Gasteiger partial charge in [-0.15, -0.1) is 5.10 Å². The number of rotatable bonds is 7. The summed E-state index contributed by atoms with van der Waals surface area (Å²) in [6.07, 6.45) is 0.961. The fourth-order valence-corrected chi connectivity index (χ4v) is 2.01. The van der Waals surface area contributed by atoms with Gasteiger partial charge in [-0.1, -0.05) is 18.7 Å². The van der Waals surface area contributed by atoms with Crippen molar-refractivity contribution >= 4 is 17.7 Å². The molecule has 0 aliphatic carbocycles. The maximum atomic E-state index is 10.4. The molecule has 2 aromatic rings. The van der Waals surface area contributed by atoms with Gasteiger partial charge in [0.05, 0.1) is 12.6 Å². The second-order valence-corrected chi connectivity index (χ2v) is 4.94. The Balaban J connectivity index is 2.02. The highest BCUT2D eigenvalue weighted by atomic mass is 32.2. The van der Waals surface area contributed by atoms with E-state index in [0.29, 0.717) is 17.6 Å². The number of aromatic amines is 1. The molecule has 0 atom stereocenters. The van der Waals surface area contributed by atoms with Gasteiger partial charge in [-0.05, 0) is 30.7 Å². The average Bonchev–Trinajstić information content (AvgIpc) is 2.92. The number of nitrogens with zero attached hydrogens (tertiary/aromatic N) is 2. The molecule has 0 saturated heterocycles. The van der Waals surface area contributed by atoms with Gasteiger partial charge in [-0.2, -0.15) is 0 Å². The summed E-state index contributed by atoms with van der Waals surface area (Å²) in [4.78, 5) is 14.6. The molecule has 0 aliphatic rings. The van der Waals surface area contributed by atoms with Crippen LogP contribution >= 0.6 is 11.8 Å². The van der Waals surface area contributed by atoms with E-state index >= 15 is 0 Å². The highest BCUT2D eigenvalue weighted by Gasteiger charge is 2.06. The van der Waals surface area contributed by atoms with Crippen LogP contribution in [-0.2, 0) is 4.79 Å².